The Hall–Kier alpha value is -1.58. The second-order valence-electron chi connectivity index (χ2n) is 3.99. The molecule has 0 aromatic heterocycles. The molecule has 0 aliphatic carbocycles. The fourth-order valence-electron chi connectivity index (χ4n) is 1.86. The predicted octanol–water partition coefficient (Wildman–Crippen LogP) is 1.63. The van der Waals surface area contributed by atoms with Gasteiger partial charge in [-0.2, -0.15) is 0 Å². The van der Waals surface area contributed by atoms with Gasteiger partial charge < -0.3 is 11.1 Å². The number of hydrogen-bond acceptors (Lipinski definition) is 2. The predicted molar refractivity (Wildman–Crippen MR) is 54.0 cm³/mol. The molecule has 15 heavy (non-hydrogen) atoms. The van der Waals surface area contributed by atoms with E-state index in [1.165, 1.54) is 12.1 Å². The van der Waals surface area contributed by atoms with Crippen LogP contribution in [-0.2, 0) is 5.41 Å². The minimum absolute atomic E-state index is 0.455. The molecule has 0 amide bonds. The summed E-state index contributed by atoms with van der Waals surface area (Å²) in [6, 6.07) is 3.61. The molecule has 1 aliphatic heterocycles. The van der Waals surface area contributed by atoms with Crippen molar-refractivity contribution < 1.29 is 8.78 Å². The molecule has 1 aliphatic rings. The van der Waals surface area contributed by atoms with Crippen LogP contribution in [0.2, 0.25) is 0 Å². The Kier molecular flexibility index (Phi) is 2.14. The molecule has 1 atom stereocenters. The van der Waals surface area contributed by atoms with Crippen LogP contribution in [0, 0.1) is 11.6 Å². The summed E-state index contributed by atoms with van der Waals surface area (Å²) in [5.41, 5.74) is 5.54. The number of halogens is 2. The van der Waals surface area contributed by atoms with Crippen molar-refractivity contribution in [3.05, 3.63) is 47.3 Å². The normalized spacial score (nSPS) is 24.9. The van der Waals surface area contributed by atoms with Crippen LogP contribution >= 0.6 is 0 Å². The molecule has 1 aromatic carbocycles. The zero-order valence-electron chi connectivity index (χ0n) is 8.35. The van der Waals surface area contributed by atoms with E-state index >= 15 is 0 Å². The average Bonchev–Trinajstić information content (AvgIpc) is 2.46. The lowest BCUT2D eigenvalue weighted by Gasteiger charge is -2.21. The number of nitrogens with one attached hydrogen (secondary N) is 1. The Morgan fingerprint density at radius 3 is 2.67 bits per heavy atom. The van der Waals surface area contributed by atoms with Gasteiger partial charge in [0, 0.05) is 18.0 Å². The molecule has 80 valence electrons. The van der Waals surface area contributed by atoms with Gasteiger partial charge in [-0.3, -0.25) is 0 Å². The van der Waals surface area contributed by atoms with Crippen molar-refractivity contribution in [1.82, 2.24) is 5.32 Å². The monoisotopic (exact) mass is 210 g/mol. The van der Waals surface area contributed by atoms with Gasteiger partial charge in [0.1, 0.15) is 11.6 Å². The van der Waals surface area contributed by atoms with E-state index in [1.54, 1.807) is 6.08 Å². The van der Waals surface area contributed by atoms with E-state index in [0.29, 0.717) is 17.9 Å². The van der Waals surface area contributed by atoms with Crippen LogP contribution in [0.3, 0.4) is 0 Å². The SMILES string of the molecule is C[C@@]1(c2ccc(F)cc2F)C=C(N)NC1. The lowest BCUT2D eigenvalue weighted by Crippen LogP contribution is -2.27. The van der Waals surface area contributed by atoms with E-state index in [1.807, 2.05) is 6.92 Å². The van der Waals surface area contributed by atoms with Crippen LogP contribution in [0.1, 0.15) is 12.5 Å². The highest BCUT2D eigenvalue weighted by Crippen LogP contribution is 2.30. The first kappa shape index (κ1) is 9.96. The van der Waals surface area contributed by atoms with Gasteiger partial charge in [0.15, 0.2) is 0 Å². The summed E-state index contributed by atoms with van der Waals surface area (Å²) in [4.78, 5) is 0. The molecule has 0 fully saturated rings. The van der Waals surface area contributed by atoms with E-state index in [0.717, 1.165) is 6.07 Å². The van der Waals surface area contributed by atoms with Crippen molar-refractivity contribution >= 4 is 0 Å². The van der Waals surface area contributed by atoms with Gasteiger partial charge in [-0.05, 0) is 17.7 Å². The molecule has 4 heteroatoms. The van der Waals surface area contributed by atoms with E-state index in [9.17, 15) is 8.78 Å². The van der Waals surface area contributed by atoms with Gasteiger partial charge in [0.2, 0.25) is 0 Å². The van der Waals surface area contributed by atoms with E-state index in [-0.39, 0.29) is 0 Å². The zero-order chi connectivity index (χ0) is 11.1. The average molecular weight is 210 g/mol. The van der Waals surface area contributed by atoms with Gasteiger partial charge >= 0.3 is 0 Å². The molecule has 1 heterocycles. The highest BCUT2D eigenvalue weighted by atomic mass is 19.1. The minimum Gasteiger partial charge on any atom is -0.386 e. The van der Waals surface area contributed by atoms with Gasteiger partial charge in [-0.15, -0.1) is 0 Å². The summed E-state index contributed by atoms with van der Waals surface area (Å²) in [5.74, 6) is -0.575. The molecule has 0 saturated carbocycles. The highest BCUT2D eigenvalue weighted by Gasteiger charge is 2.31. The van der Waals surface area contributed by atoms with Crippen LogP contribution < -0.4 is 11.1 Å². The molecular formula is C11H12F2N2. The number of benzene rings is 1. The molecule has 0 spiro atoms. The summed E-state index contributed by atoms with van der Waals surface area (Å²) < 4.78 is 26.3. The Morgan fingerprint density at radius 1 is 1.40 bits per heavy atom. The maximum absolute atomic E-state index is 13.5. The third kappa shape index (κ3) is 1.67. The summed E-state index contributed by atoms with van der Waals surface area (Å²) in [6.45, 7) is 2.39. The lowest BCUT2D eigenvalue weighted by molar-refractivity contribution is 0.521. The maximum atomic E-state index is 13.5. The van der Waals surface area contributed by atoms with Crippen LogP contribution in [0.25, 0.3) is 0 Å². The third-order valence-electron chi connectivity index (χ3n) is 2.68. The molecule has 2 rings (SSSR count). The number of hydrogen-bond donors (Lipinski definition) is 2. The fourth-order valence-corrected chi connectivity index (χ4v) is 1.86. The second-order valence-corrected chi connectivity index (χ2v) is 3.99. The summed E-state index contributed by atoms with van der Waals surface area (Å²) in [5, 5.41) is 2.93. The summed E-state index contributed by atoms with van der Waals surface area (Å²) in [7, 11) is 0. The summed E-state index contributed by atoms with van der Waals surface area (Å²) >= 11 is 0. The van der Waals surface area contributed by atoms with Crippen molar-refractivity contribution in [3.63, 3.8) is 0 Å². The van der Waals surface area contributed by atoms with Gasteiger partial charge in [-0.25, -0.2) is 8.78 Å². The van der Waals surface area contributed by atoms with E-state index in [4.69, 9.17) is 5.73 Å². The van der Waals surface area contributed by atoms with Crippen molar-refractivity contribution in [2.24, 2.45) is 5.73 Å². The summed E-state index contributed by atoms with van der Waals surface area (Å²) in [6.07, 6.45) is 1.75. The smallest absolute Gasteiger partial charge is 0.130 e. The first-order valence-electron chi connectivity index (χ1n) is 4.69. The minimum atomic E-state index is -0.567. The molecule has 0 radical (unpaired) electrons. The van der Waals surface area contributed by atoms with Gasteiger partial charge in [0.25, 0.3) is 0 Å². The Morgan fingerprint density at radius 2 is 2.13 bits per heavy atom. The van der Waals surface area contributed by atoms with Crippen LogP contribution in [0.4, 0.5) is 8.78 Å². The standard InChI is InChI=1S/C11H12F2N2/c1-11(5-10(14)15-6-11)8-3-2-7(12)4-9(8)13/h2-5,15H,6,14H2,1H3/t11-/m1/s1. The zero-order valence-corrected chi connectivity index (χ0v) is 8.35. The molecule has 1 aromatic rings. The molecule has 2 nitrogen and oxygen atoms in total. The van der Waals surface area contributed by atoms with Gasteiger partial charge in [0.05, 0.1) is 5.82 Å². The maximum Gasteiger partial charge on any atom is 0.130 e. The van der Waals surface area contributed by atoms with Crippen molar-refractivity contribution in [1.29, 1.82) is 0 Å². The molecule has 0 bridgehead atoms. The molecule has 0 saturated heterocycles. The Bertz CT molecular complexity index is 429. The molecular weight excluding hydrogens is 198 g/mol. The molecule has 0 unspecified atom stereocenters. The quantitative estimate of drug-likeness (QED) is 0.739. The third-order valence-corrected chi connectivity index (χ3v) is 2.68. The number of rotatable bonds is 1. The fraction of sp³-hybridized carbons (Fsp3) is 0.273. The first-order valence-corrected chi connectivity index (χ1v) is 4.69. The first-order chi connectivity index (χ1) is 7.01. The van der Waals surface area contributed by atoms with E-state index < -0.39 is 17.0 Å². The topological polar surface area (TPSA) is 38.0 Å². The van der Waals surface area contributed by atoms with Crippen LogP contribution in [0.5, 0.6) is 0 Å². The lowest BCUT2D eigenvalue weighted by atomic mass is 9.83. The second kappa shape index (κ2) is 3.22. The largest absolute Gasteiger partial charge is 0.386 e. The van der Waals surface area contributed by atoms with E-state index in [2.05, 4.69) is 5.32 Å². The van der Waals surface area contributed by atoms with Crippen molar-refractivity contribution in [3.8, 4) is 0 Å². The van der Waals surface area contributed by atoms with Crippen molar-refractivity contribution in [2.75, 3.05) is 6.54 Å². The highest BCUT2D eigenvalue weighted by molar-refractivity contribution is 5.36. The van der Waals surface area contributed by atoms with Crippen molar-refractivity contribution in [2.45, 2.75) is 12.3 Å². The molecule has 3 N–H and O–H groups in total. The Balaban J connectivity index is 2.46. The van der Waals surface area contributed by atoms with Crippen LogP contribution in [0.15, 0.2) is 30.1 Å². The van der Waals surface area contributed by atoms with Gasteiger partial charge in [-0.1, -0.05) is 13.0 Å². The number of nitrogens with two attached hydrogens (primary N) is 1. The Labute approximate surface area is 86.8 Å². The van der Waals surface area contributed by atoms with Crippen LogP contribution in [-0.4, -0.2) is 6.54 Å².